The molecule has 1 amide bonds. The minimum absolute atomic E-state index is 0.252. The number of nitrogens with zero attached hydrogens (tertiary/aromatic N) is 5. The normalized spacial score (nSPS) is 18.1. The van der Waals surface area contributed by atoms with Gasteiger partial charge in [0, 0.05) is 38.1 Å². The SMILES string of the molecule is CCCCCn1cc2c(C3C(=O)Nc4ccc(C(F)(F)F)cc43)nc(NCCCN3CCOCC3)nc2n1. The summed E-state index contributed by atoms with van der Waals surface area (Å²) in [5, 5.41) is 11.1. The smallest absolute Gasteiger partial charge is 0.379 e. The van der Waals surface area contributed by atoms with Gasteiger partial charge in [0.25, 0.3) is 0 Å². The third-order valence-electron chi connectivity index (χ3n) is 6.97. The number of benzene rings is 1. The highest BCUT2D eigenvalue weighted by atomic mass is 19.4. The summed E-state index contributed by atoms with van der Waals surface area (Å²) in [6.45, 7) is 7.57. The molecule has 1 aromatic carbocycles. The van der Waals surface area contributed by atoms with Gasteiger partial charge in [0.05, 0.1) is 29.9 Å². The molecule has 5 rings (SSSR count). The van der Waals surface area contributed by atoms with Crippen molar-refractivity contribution in [1.82, 2.24) is 24.6 Å². The van der Waals surface area contributed by atoms with E-state index in [2.05, 4.69) is 37.5 Å². The van der Waals surface area contributed by atoms with E-state index in [1.165, 1.54) is 6.07 Å². The van der Waals surface area contributed by atoms with Crippen LogP contribution in [0, 0.1) is 0 Å². The molecule has 1 unspecified atom stereocenters. The highest BCUT2D eigenvalue weighted by Gasteiger charge is 2.39. The summed E-state index contributed by atoms with van der Waals surface area (Å²) >= 11 is 0. The molecule has 12 heteroatoms. The van der Waals surface area contributed by atoms with Crippen molar-refractivity contribution >= 4 is 28.6 Å². The van der Waals surface area contributed by atoms with Crippen LogP contribution in [0.5, 0.6) is 0 Å². The number of carbonyl (C=O) groups is 1. The number of carbonyl (C=O) groups excluding carboxylic acids is 1. The zero-order chi connectivity index (χ0) is 26.7. The minimum atomic E-state index is -4.52. The van der Waals surface area contributed by atoms with Crippen molar-refractivity contribution in [2.75, 3.05) is 50.0 Å². The number of morpholine rings is 1. The van der Waals surface area contributed by atoms with Crippen LogP contribution in [0.3, 0.4) is 0 Å². The average molecular weight is 532 g/mol. The van der Waals surface area contributed by atoms with Gasteiger partial charge in [-0.15, -0.1) is 0 Å². The van der Waals surface area contributed by atoms with Crippen LogP contribution < -0.4 is 10.6 Å². The molecule has 3 aromatic rings. The monoisotopic (exact) mass is 531 g/mol. The molecule has 2 aliphatic heterocycles. The molecule has 38 heavy (non-hydrogen) atoms. The number of nitrogens with one attached hydrogen (secondary N) is 2. The van der Waals surface area contributed by atoms with Gasteiger partial charge in [0.1, 0.15) is 5.92 Å². The number of halogens is 3. The van der Waals surface area contributed by atoms with Crippen molar-refractivity contribution in [3.8, 4) is 0 Å². The van der Waals surface area contributed by atoms with Crippen molar-refractivity contribution in [2.45, 2.75) is 51.2 Å². The van der Waals surface area contributed by atoms with Crippen LogP contribution in [0.2, 0.25) is 0 Å². The van der Waals surface area contributed by atoms with Gasteiger partial charge in [-0.2, -0.15) is 23.3 Å². The van der Waals surface area contributed by atoms with E-state index >= 15 is 0 Å². The minimum Gasteiger partial charge on any atom is -0.379 e. The van der Waals surface area contributed by atoms with E-state index in [1.807, 2.05) is 0 Å². The van der Waals surface area contributed by atoms with Crippen molar-refractivity contribution in [2.24, 2.45) is 0 Å². The summed E-state index contributed by atoms with van der Waals surface area (Å²) in [6, 6.07) is 3.31. The predicted molar refractivity (Wildman–Crippen MR) is 137 cm³/mol. The molecule has 2 N–H and O–H groups in total. The van der Waals surface area contributed by atoms with Crippen LogP contribution >= 0.6 is 0 Å². The Balaban J connectivity index is 1.45. The predicted octanol–water partition coefficient (Wildman–Crippen LogP) is 4.25. The van der Waals surface area contributed by atoms with E-state index in [0.29, 0.717) is 41.5 Å². The van der Waals surface area contributed by atoms with Gasteiger partial charge < -0.3 is 15.4 Å². The summed E-state index contributed by atoms with van der Waals surface area (Å²) in [6.07, 6.45) is 1.16. The molecule has 0 radical (unpaired) electrons. The number of aryl methyl sites for hydroxylation is 1. The Kier molecular flexibility index (Phi) is 7.80. The van der Waals surface area contributed by atoms with Gasteiger partial charge >= 0.3 is 6.18 Å². The Morgan fingerprint density at radius 2 is 1.95 bits per heavy atom. The third-order valence-corrected chi connectivity index (χ3v) is 6.97. The first kappa shape index (κ1) is 26.4. The summed E-state index contributed by atoms with van der Waals surface area (Å²) in [4.78, 5) is 24.7. The summed E-state index contributed by atoms with van der Waals surface area (Å²) < 4.78 is 47.6. The van der Waals surface area contributed by atoms with Gasteiger partial charge in [0.15, 0.2) is 5.65 Å². The number of hydrogen-bond acceptors (Lipinski definition) is 7. The quantitative estimate of drug-likeness (QED) is 0.378. The van der Waals surface area contributed by atoms with Gasteiger partial charge in [-0.25, -0.2) is 4.98 Å². The standard InChI is InChI=1S/C26H32F3N7O2/c1-2-3-4-10-36-16-19-22(21-18-15-17(26(27,28)29)6-7-20(18)31-24(21)37)32-25(33-23(19)34-36)30-8-5-9-35-11-13-38-14-12-35/h6-7,15-16,21H,2-5,8-14H2,1H3,(H,31,37)(H,30,33,34). The largest absolute Gasteiger partial charge is 0.416 e. The molecule has 2 aromatic heterocycles. The highest BCUT2D eigenvalue weighted by Crippen LogP contribution is 2.42. The number of fused-ring (bicyclic) bond motifs is 2. The Morgan fingerprint density at radius 3 is 2.71 bits per heavy atom. The maximum atomic E-state index is 13.5. The van der Waals surface area contributed by atoms with Crippen LogP contribution in [0.4, 0.5) is 24.8 Å². The molecule has 1 atom stereocenters. The average Bonchev–Trinajstić information content (AvgIpc) is 3.45. The number of amides is 1. The molecule has 0 saturated carbocycles. The first-order valence-electron chi connectivity index (χ1n) is 13.1. The maximum absolute atomic E-state index is 13.5. The molecule has 2 aliphatic rings. The van der Waals surface area contributed by atoms with Crippen molar-refractivity contribution in [3.63, 3.8) is 0 Å². The second kappa shape index (κ2) is 11.2. The molecule has 204 valence electrons. The molecule has 1 fully saturated rings. The van der Waals surface area contributed by atoms with E-state index in [9.17, 15) is 18.0 Å². The number of ether oxygens (including phenoxy) is 1. The first-order valence-corrected chi connectivity index (χ1v) is 13.1. The van der Waals surface area contributed by atoms with Crippen LogP contribution in [0.1, 0.15) is 55.3 Å². The molecule has 9 nitrogen and oxygen atoms in total. The van der Waals surface area contributed by atoms with Gasteiger partial charge in [-0.1, -0.05) is 19.8 Å². The van der Waals surface area contributed by atoms with Gasteiger partial charge in [-0.3, -0.25) is 14.4 Å². The van der Waals surface area contributed by atoms with E-state index < -0.39 is 23.6 Å². The molecule has 0 bridgehead atoms. The Hall–Kier alpha value is -3.25. The number of unbranched alkanes of at least 4 members (excludes halogenated alkanes) is 2. The number of anilines is 2. The van der Waals surface area contributed by atoms with Crippen LogP contribution in [-0.4, -0.2) is 69.9 Å². The maximum Gasteiger partial charge on any atom is 0.416 e. The highest BCUT2D eigenvalue weighted by molar-refractivity contribution is 6.06. The van der Waals surface area contributed by atoms with Gasteiger partial charge in [0.2, 0.25) is 11.9 Å². The molecule has 0 spiro atoms. The number of hydrogen-bond donors (Lipinski definition) is 2. The first-order chi connectivity index (χ1) is 18.3. The van der Waals surface area contributed by atoms with Crippen molar-refractivity contribution in [1.29, 1.82) is 0 Å². The molecular weight excluding hydrogens is 499 g/mol. The fraction of sp³-hybridized carbons (Fsp3) is 0.538. The van der Waals surface area contributed by atoms with Crippen LogP contribution in [0.15, 0.2) is 24.4 Å². The lowest BCUT2D eigenvalue weighted by Crippen LogP contribution is -2.37. The second-order valence-electron chi connectivity index (χ2n) is 9.73. The molecule has 0 aliphatic carbocycles. The zero-order valence-electron chi connectivity index (χ0n) is 21.4. The molecule has 4 heterocycles. The topological polar surface area (TPSA) is 97.2 Å². The van der Waals surface area contributed by atoms with E-state index in [4.69, 9.17) is 4.74 Å². The Bertz CT molecular complexity index is 1290. The van der Waals surface area contributed by atoms with Gasteiger partial charge in [-0.05, 0) is 43.1 Å². The third kappa shape index (κ3) is 5.75. The Morgan fingerprint density at radius 1 is 1.13 bits per heavy atom. The number of rotatable bonds is 10. The van der Waals surface area contributed by atoms with Crippen molar-refractivity contribution < 1.29 is 22.7 Å². The molecular formula is C26H32F3N7O2. The number of aromatic nitrogens is 4. The van der Waals surface area contributed by atoms with Crippen molar-refractivity contribution in [3.05, 3.63) is 41.2 Å². The summed E-state index contributed by atoms with van der Waals surface area (Å²) in [5.74, 6) is -1.11. The lowest BCUT2D eigenvalue weighted by atomic mass is 9.94. The zero-order valence-corrected chi connectivity index (χ0v) is 21.4. The second-order valence-corrected chi connectivity index (χ2v) is 9.73. The fourth-order valence-electron chi connectivity index (χ4n) is 4.95. The van der Waals surface area contributed by atoms with E-state index in [-0.39, 0.29) is 5.56 Å². The molecule has 1 saturated heterocycles. The fourth-order valence-corrected chi connectivity index (χ4v) is 4.95. The Labute approximate surface area is 218 Å². The van der Waals surface area contributed by atoms with E-state index in [1.54, 1.807) is 10.9 Å². The van der Waals surface area contributed by atoms with Crippen LogP contribution in [-0.2, 0) is 22.3 Å². The summed E-state index contributed by atoms with van der Waals surface area (Å²) in [7, 11) is 0. The van der Waals surface area contributed by atoms with E-state index in [0.717, 1.165) is 70.7 Å². The lowest BCUT2D eigenvalue weighted by Gasteiger charge is -2.26. The number of alkyl halides is 3. The lowest BCUT2D eigenvalue weighted by molar-refractivity contribution is -0.137. The summed E-state index contributed by atoms with van der Waals surface area (Å²) in [5.41, 5.74) is 0.565. The van der Waals surface area contributed by atoms with Crippen LogP contribution in [0.25, 0.3) is 11.0 Å².